The summed E-state index contributed by atoms with van der Waals surface area (Å²) in [6.45, 7) is 13.3. The molecule has 0 bridgehead atoms. The van der Waals surface area contributed by atoms with Crippen molar-refractivity contribution in [2.45, 2.75) is 19.9 Å². The van der Waals surface area contributed by atoms with Crippen molar-refractivity contribution in [1.29, 1.82) is 0 Å². The molecule has 2 aromatic heterocycles. The van der Waals surface area contributed by atoms with Crippen LogP contribution in [0.15, 0.2) is 47.2 Å². The van der Waals surface area contributed by atoms with Crippen molar-refractivity contribution in [1.82, 2.24) is 24.5 Å². The number of hydrogen-bond acceptors (Lipinski definition) is 7. The maximum Gasteiger partial charge on any atom is 0.210 e. The molecule has 2 saturated heterocycles. The summed E-state index contributed by atoms with van der Waals surface area (Å²) in [5, 5.41) is 4.15. The van der Waals surface area contributed by atoms with Gasteiger partial charge in [-0.25, -0.2) is 4.98 Å². The van der Waals surface area contributed by atoms with Crippen LogP contribution in [0.2, 0.25) is 0 Å². The molecule has 0 amide bonds. The molecule has 0 atom stereocenters. The number of rotatable bonds is 7. The summed E-state index contributed by atoms with van der Waals surface area (Å²) in [5.74, 6) is 7.91. The number of piperazine rings is 1. The zero-order valence-corrected chi connectivity index (χ0v) is 20.5. The maximum atomic E-state index is 5.45. The first-order chi connectivity index (χ1) is 17.3. The predicted molar refractivity (Wildman–Crippen MR) is 136 cm³/mol. The minimum Gasteiger partial charge on any atom is -0.379 e. The molecule has 4 heterocycles. The standard InChI is InChI=1S/C27H34N6O2/c1-2-27-28-9-10-33(27)22-24-21-26(35-29-24)8-5-23-3-6-25(7-4-23)32-15-13-30(14-16-32)11-12-31-17-19-34-20-18-31/h3-4,6-7,9-10,21H,2,11-20,22H2,1H3. The molecule has 3 aromatic rings. The Kier molecular flexibility index (Phi) is 7.79. The molecule has 2 aliphatic heterocycles. The Morgan fingerprint density at radius 1 is 0.914 bits per heavy atom. The molecule has 0 N–H and O–H groups in total. The fraction of sp³-hybridized carbons (Fsp3) is 0.481. The Labute approximate surface area is 207 Å². The van der Waals surface area contributed by atoms with E-state index in [1.54, 1.807) is 0 Å². The number of aryl methyl sites for hydroxylation is 1. The SMILES string of the molecule is CCc1nccn1Cc1cc(C#Cc2ccc(N3CCN(CCN4CCOCC4)CC3)cc2)on1. The van der Waals surface area contributed by atoms with Gasteiger partial charge >= 0.3 is 0 Å². The van der Waals surface area contributed by atoms with Crippen molar-refractivity contribution < 1.29 is 9.26 Å². The lowest BCUT2D eigenvalue weighted by Crippen LogP contribution is -2.49. The molecule has 2 fully saturated rings. The summed E-state index contributed by atoms with van der Waals surface area (Å²) in [6, 6.07) is 10.4. The van der Waals surface area contributed by atoms with Crippen LogP contribution < -0.4 is 4.90 Å². The average Bonchev–Trinajstić information content (AvgIpc) is 3.57. The summed E-state index contributed by atoms with van der Waals surface area (Å²) in [5.41, 5.74) is 3.08. The van der Waals surface area contributed by atoms with E-state index < -0.39 is 0 Å². The molecule has 0 unspecified atom stereocenters. The van der Waals surface area contributed by atoms with Crippen LogP contribution in [0.3, 0.4) is 0 Å². The molecular formula is C27H34N6O2. The fourth-order valence-electron chi connectivity index (χ4n) is 4.64. The van der Waals surface area contributed by atoms with E-state index in [2.05, 4.69) is 72.4 Å². The average molecular weight is 475 g/mol. The Hall–Kier alpha value is -3.12. The highest BCUT2D eigenvalue weighted by Gasteiger charge is 2.18. The van der Waals surface area contributed by atoms with Crippen LogP contribution in [0.5, 0.6) is 0 Å². The topological polar surface area (TPSA) is 62.8 Å². The van der Waals surface area contributed by atoms with Gasteiger partial charge in [0.25, 0.3) is 0 Å². The Balaban J connectivity index is 1.10. The summed E-state index contributed by atoms with van der Waals surface area (Å²) in [7, 11) is 0. The molecule has 0 aliphatic carbocycles. The van der Waals surface area contributed by atoms with E-state index in [9.17, 15) is 0 Å². The fourth-order valence-corrected chi connectivity index (χ4v) is 4.64. The first-order valence-electron chi connectivity index (χ1n) is 12.6. The monoisotopic (exact) mass is 474 g/mol. The predicted octanol–water partition coefficient (Wildman–Crippen LogP) is 2.34. The molecule has 0 saturated carbocycles. The number of anilines is 1. The number of hydrogen-bond donors (Lipinski definition) is 0. The van der Waals surface area contributed by atoms with Gasteiger partial charge < -0.3 is 18.7 Å². The lowest BCUT2D eigenvalue weighted by molar-refractivity contribution is 0.0331. The van der Waals surface area contributed by atoms with Crippen LogP contribution >= 0.6 is 0 Å². The molecule has 0 radical (unpaired) electrons. The van der Waals surface area contributed by atoms with Crippen molar-refractivity contribution >= 4 is 5.69 Å². The zero-order chi connectivity index (χ0) is 23.9. The van der Waals surface area contributed by atoms with E-state index in [4.69, 9.17) is 9.26 Å². The number of benzene rings is 1. The van der Waals surface area contributed by atoms with Gasteiger partial charge in [0.15, 0.2) is 0 Å². The van der Waals surface area contributed by atoms with Gasteiger partial charge in [0, 0.05) is 88.5 Å². The minimum atomic E-state index is 0.579. The van der Waals surface area contributed by atoms with Crippen LogP contribution in [0, 0.1) is 11.8 Å². The minimum absolute atomic E-state index is 0.579. The van der Waals surface area contributed by atoms with Crippen LogP contribution in [0.1, 0.15) is 29.8 Å². The highest BCUT2D eigenvalue weighted by atomic mass is 16.5. The normalized spacial score (nSPS) is 17.3. The van der Waals surface area contributed by atoms with Gasteiger partial charge in [-0.3, -0.25) is 9.80 Å². The molecule has 5 rings (SSSR count). The van der Waals surface area contributed by atoms with E-state index in [0.29, 0.717) is 12.3 Å². The van der Waals surface area contributed by atoms with E-state index in [-0.39, 0.29) is 0 Å². The highest BCUT2D eigenvalue weighted by Crippen LogP contribution is 2.17. The first-order valence-corrected chi connectivity index (χ1v) is 12.6. The van der Waals surface area contributed by atoms with Gasteiger partial charge in [-0.15, -0.1) is 0 Å². The summed E-state index contributed by atoms with van der Waals surface area (Å²) in [4.78, 5) is 11.9. The van der Waals surface area contributed by atoms with Gasteiger partial charge in [0.05, 0.1) is 19.8 Å². The molecule has 0 spiro atoms. The lowest BCUT2D eigenvalue weighted by Gasteiger charge is -2.37. The molecule has 8 nitrogen and oxygen atoms in total. The Bertz CT molecular complexity index is 1130. The van der Waals surface area contributed by atoms with Crippen molar-refractivity contribution in [3.05, 3.63) is 65.6 Å². The molecular weight excluding hydrogens is 440 g/mol. The first kappa shape index (κ1) is 23.6. The maximum absolute atomic E-state index is 5.45. The number of morpholine rings is 1. The Morgan fingerprint density at radius 2 is 1.66 bits per heavy atom. The highest BCUT2D eigenvalue weighted by molar-refractivity contribution is 5.51. The van der Waals surface area contributed by atoms with E-state index in [1.807, 2.05) is 18.5 Å². The van der Waals surface area contributed by atoms with E-state index in [1.165, 1.54) is 5.69 Å². The summed E-state index contributed by atoms with van der Waals surface area (Å²) >= 11 is 0. The van der Waals surface area contributed by atoms with Crippen LogP contribution in [-0.2, 0) is 17.7 Å². The van der Waals surface area contributed by atoms with Crippen molar-refractivity contribution in [3.63, 3.8) is 0 Å². The van der Waals surface area contributed by atoms with Gasteiger partial charge in [0.2, 0.25) is 5.76 Å². The molecule has 1 aromatic carbocycles. The van der Waals surface area contributed by atoms with E-state index >= 15 is 0 Å². The zero-order valence-electron chi connectivity index (χ0n) is 20.5. The number of aromatic nitrogens is 3. The largest absolute Gasteiger partial charge is 0.379 e. The third-order valence-corrected chi connectivity index (χ3v) is 6.78. The summed E-state index contributed by atoms with van der Waals surface area (Å²) < 4.78 is 12.9. The van der Waals surface area contributed by atoms with Gasteiger partial charge in [0.1, 0.15) is 11.5 Å². The number of ether oxygens (including phenoxy) is 1. The quantitative estimate of drug-likeness (QED) is 0.487. The van der Waals surface area contributed by atoms with Crippen LogP contribution in [0.4, 0.5) is 5.69 Å². The third kappa shape index (κ3) is 6.31. The van der Waals surface area contributed by atoms with Crippen molar-refractivity contribution in [2.75, 3.05) is 70.5 Å². The second-order valence-electron chi connectivity index (χ2n) is 9.09. The van der Waals surface area contributed by atoms with Gasteiger partial charge in [-0.2, -0.15) is 0 Å². The number of imidazole rings is 1. The van der Waals surface area contributed by atoms with E-state index in [0.717, 1.165) is 89.1 Å². The van der Waals surface area contributed by atoms with Gasteiger partial charge in [-0.05, 0) is 30.2 Å². The molecule has 2 aliphatic rings. The third-order valence-electron chi connectivity index (χ3n) is 6.78. The lowest BCUT2D eigenvalue weighted by atomic mass is 10.1. The van der Waals surface area contributed by atoms with Crippen LogP contribution in [-0.4, -0.2) is 90.1 Å². The smallest absolute Gasteiger partial charge is 0.210 e. The number of nitrogens with zero attached hydrogens (tertiary/aromatic N) is 6. The van der Waals surface area contributed by atoms with Crippen LogP contribution in [0.25, 0.3) is 0 Å². The van der Waals surface area contributed by atoms with Crippen molar-refractivity contribution in [2.24, 2.45) is 0 Å². The van der Waals surface area contributed by atoms with Crippen molar-refractivity contribution in [3.8, 4) is 11.8 Å². The summed E-state index contributed by atoms with van der Waals surface area (Å²) in [6.07, 6.45) is 4.67. The molecule has 8 heteroatoms. The second kappa shape index (κ2) is 11.5. The van der Waals surface area contributed by atoms with Gasteiger partial charge in [-0.1, -0.05) is 18.0 Å². The second-order valence-corrected chi connectivity index (χ2v) is 9.09. The molecule has 35 heavy (non-hydrogen) atoms. The Morgan fingerprint density at radius 3 is 2.40 bits per heavy atom. The molecule has 184 valence electrons.